The molecule has 0 saturated heterocycles. The molecule has 1 aromatic heterocycles. The lowest BCUT2D eigenvalue weighted by molar-refractivity contribution is 0.473. The standard InChI is InChI=1S/C20H20N2O/c1-20(2,3)16-9-10-18(23)15(12-16)13-22-17-8-4-6-14-7-5-11-21-19(14)17/h4-13,23H,1-3H3. The largest absolute Gasteiger partial charge is 0.507 e. The molecule has 0 saturated carbocycles. The molecule has 3 heteroatoms. The Morgan fingerprint density at radius 1 is 1.04 bits per heavy atom. The van der Waals surface area contributed by atoms with Crippen molar-refractivity contribution in [2.75, 3.05) is 0 Å². The quantitative estimate of drug-likeness (QED) is 0.678. The van der Waals surface area contributed by atoms with Crippen LogP contribution < -0.4 is 0 Å². The van der Waals surface area contributed by atoms with E-state index in [4.69, 9.17) is 0 Å². The first kappa shape index (κ1) is 15.2. The Balaban J connectivity index is 2.02. The number of aromatic hydroxyl groups is 1. The van der Waals surface area contributed by atoms with Crippen molar-refractivity contribution in [3.63, 3.8) is 0 Å². The van der Waals surface area contributed by atoms with Crippen LogP contribution in [0, 0.1) is 0 Å². The Kier molecular flexibility index (Phi) is 3.87. The number of aromatic nitrogens is 1. The van der Waals surface area contributed by atoms with Gasteiger partial charge in [-0.2, -0.15) is 0 Å². The van der Waals surface area contributed by atoms with E-state index in [9.17, 15) is 5.11 Å². The van der Waals surface area contributed by atoms with Gasteiger partial charge in [0.25, 0.3) is 0 Å². The SMILES string of the molecule is CC(C)(C)c1ccc(O)c(C=Nc2cccc3cccnc23)c1. The van der Waals surface area contributed by atoms with Crippen LogP contribution in [0.5, 0.6) is 5.75 Å². The molecule has 0 aliphatic heterocycles. The zero-order valence-corrected chi connectivity index (χ0v) is 13.6. The molecule has 0 aliphatic rings. The van der Waals surface area contributed by atoms with Crippen molar-refractivity contribution in [3.05, 3.63) is 65.9 Å². The molecule has 23 heavy (non-hydrogen) atoms. The molecule has 3 aromatic rings. The molecule has 116 valence electrons. The Morgan fingerprint density at radius 2 is 1.83 bits per heavy atom. The summed E-state index contributed by atoms with van der Waals surface area (Å²) in [5.41, 5.74) is 3.55. The van der Waals surface area contributed by atoms with Crippen LogP contribution in [0.1, 0.15) is 31.9 Å². The van der Waals surface area contributed by atoms with Crippen LogP contribution >= 0.6 is 0 Å². The molecule has 0 atom stereocenters. The van der Waals surface area contributed by atoms with E-state index in [2.05, 4.69) is 30.7 Å². The van der Waals surface area contributed by atoms with Gasteiger partial charge >= 0.3 is 0 Å². The van der Waals surface area contributed by atoms with Gasteiger partial charge in [0.15, 0.2) is 0 Å². The number of fused-ring (bicyclic) bond motifs is 1. The molecular weight excluding hydrogens is 284 g/mol. The van der Waals surface area contributed by atoms with Gasteiger partial charge in [0, 0.05) is 23.4 Å². The van der Waals surface area contributed by atoms with E-state index >= 15 is 0 Å². The van der Waals surface area contributed by atoms with Crippen LogP contribution in [-0.2, 0) is 5.41 Å². The van der Waals surface area contributed by atoms with Gasteiger partial charge in [0.2, 0.25) is 0 Å². The minimum absolute atomic E-state index is 0.0251. The Bertz CT molecular complexity index is 871. The van der Waals surface area contributed by atoms with Crippen molar-refractivity contribution in [1.82, 2.24) is 4.98 Å². The minimum atomic E-state index is 0.0251. The molecule has 2 aromatic carbocycles. The van der Waals surface area contributed by atoms with E-state index in [-0.39, 0.29) is 11.2 Å². The summed E-state index contributed by atoms with van der Waals surface area (Å²) < 4.78 is 0. The highest BCUT2D eigenvalue weighted by Crippen LogP contribution is 2.28. The number of para-hydroxylation sites is 1. The lowest BCUT2D eigenvalue weighted by Gasteiger charge is -2.19. The number of aliphatic imine (C=N–C) groups is 1. The predicted molar refractivity (Wildman–Crippen MR) is 95.8 cm³/mol. The molecular formula is C20H20N2O. The van der Waals surface area contributed by atoms with Gasteiger partial charge in [-0.05, 0) is 35.2 Å². The van der Waals surface area contributed by atoms with Crippen LogP contribution in [0.15, 0.2) is 59.7 Å². The van der Waals surface area contributed by atoms with Crippen LogP contribution in [0.2, 0.25) is 0 Å². The summed E-state index contributed by atoms with van der Waals surface area (Å²) in [6.07, 6.45) is 3.47. The Hall–Kier alpha value is -2.68. The van der Waals surface area contributed by atoms with E-state index in [1.54, 1.807) is 18.5 Å². The third-order valence-corrected chi connectivity index (χ3v) is 3.85. The molecule has 0 spiro atoms. The lowest BCUT2D eigenvalue weighted by atomic mass is 9.86. The second kappa shape index (κ2) is 5.84. The van der Waals surface area contributed by atoms with E-state index in [1.165, 1.54) is 0 Å². The number of hydrogen-bond donors (Lipinski definition) is 1. The fourth-order valence-electron chi connectivity index (χ4n) is 2.46. The highest BCUT2D eigenvalue weighted by atomic mass is 16.3. The van der Waals surface area contributed by atoms with Crippen molar-refractivity contribution in [2.24, 2.45) is 4.99 Å². The van der Waals surface area contributed by atoms with Crippen LogP contribution in [0.3, 0.4) is 0 Å². The number of benzene rings is 2. The summed E-state index contributed by atoms with van der Waals surface area (Å²) in [4.78, 5) is 8.94. The number of hydrogen-bond acceptors (Lipinski definition) is 3. The third kappa shape index (κ3) is 3.24. The second-order valence-electron chi connectivity index (χ2n) is 6.63. The molecule has 0 fully saturated rings. The Morgan fingerprint density at radius 3 is 2.61 bits per heavy atom. The van der Waals surface area contributed by atoms with E-state index in [0.29, 0.717) is 5.56 Å². The maximum Gasteiger partial charge on any atom is 0.124 e. The number of nitrogens with zero attached hydrogens (tertiary/aromatic N) is 2. The van der Waals surface area contributed by atoms with Gasteiger partial charge in [0.05, 0.1) is 11.2 Å². The first-order valence-corrected chi connectivity index (χ1v) is 7.66. The lowest BCUT2D eigenvalue weighted by Crippen LogP contribution is -2.11. The minimum Gasteiger partial charge on any atom is -0.507 e. The zero-order valence-electron chi connectivity index (χ0n) is 13.6. The van der Waals surface area contributed by atoms with E-state index in [0.717, 1.165) is 22.2 Å². The van der Waals surface area contributed by atoms with Gasteiger partial charge in [-0.25, -0.2) is 0 Å². The molecule has 0 aliphatic carbocycles. The summed E-state index contributed by atoms with van der Waals surface area (Å²) in [7, 11) is 0. The molecule has 1 N–H and O–H groups in total. The maximum atomic E-state index is 10.1. The van der Waals surface area contributed by atoms with Crippen molar-refractivity contribution < 1.29 is 5.11 Å². The summed E-state index contributed by atoms with van der Waals surface area (Å²) in [5, 5.41) is 11.1. The third-order valence-electron chi connectivity index (χ3n) is 3.85. The van der Waals surface area contributed by atoms with Crippen molar-refractivity contribution in [1.29, 1.82) is 0 Å². The van der Waals surface area contributed by atoms with Gasteiger partial charge in [-0.1, -0.05) is 45.0 Å². The van der Waals surface area contributed by atoms with Gasteiger partial charge < -0.3 is 5.11 Å². The number of rotatable bonds is 2. The normalized spacial score (nSPS) is 12.1. The summed E-state index contributed by atoms with van der Waals surface area (Å²) in [6, 6.07) is 15.5. The van der Waals surface area contributed by atoms with E-state index in [1.807, 2.05) is 42.5 Å². The maximum absolute atomic E-state index is 10.1. The van der Waals surface area contributed by atoms with Crippen molar-refractivity contribution in [3.8, 4) is 5.75 Å². The highest BCUT2D eigenvalue weighted by molar-refractivity contribution is 5.93. The van der Waals surface area contributed by atoms with Crippen LogP contribution in [0.4, 0.5) is 5.69 Å². The fourth-order valence-corrected chi connectivity index (χ4v) is 2.46. The highest BCUT2D eigenvalue weighted by Gasteiger charge is 2.14. The summed E-state index contributed by atoms with van der Waals surface area (Å²) >= 11 is 0. The van der Waals surface area contributed by atoms with Gasteiger partial charge in [-0.3, -0.25) is 9.98 Å². The van der Waals surface area contributed by atoms with Crippen LogP contribution in [0.25, 0.3) is 10.9 Å². The number of phenolic OH excluding ortho intramolecular Hbond substituents is 1. The number of phenols is 1. The topological polar surface area (TPSA) is 45.5 Å². The van der Waals surface area contributed by atoms with Gasteiger partial charge in [-0.15, -0.1) is 0 Å². The summed E-state index contributed by atoms with van der Waals surface area (Å²) in [6.45, 7) is 6.44. The molecule has 0 amide bonds. The summed E-state index contributed by atoms with van der Waals surface area (Å²) in [5.74, 6) is 0.231. The van der Waals surface area contributed by atoms with E-state index < -0.39 is 0 Å². The second-order valence-corrected chi connectivity index (χ2v) is 6.63. The van der Waals surface area contributed by atoms with Crippen molar-refractivity contribution in [2.45, 2.75) is 26.2 Å². The van der Waals surface area contributed by atoms with Crippen molar-refractivity contribution >= 4 is 22.8 Å². The molecule has 3 nitrogen and oxygen atoms in total. The molecule has 0 radical (unpaired) electrons. The monoisotopic (exact) mass is 304 g/mol. The zero-order chi connectivity index (χ0) is 16.4. The Labute approximate surface area is 136 Å². The first-order chi connectivity index (χ1) is 10.9. The fraction of sp³-hybridized carbons (Fsp3) is 0.200. The molecule has 1 heterocycles. The van der Waals surface area contributed by atoms with Gasteiger partial charge in [0.1, 0.15) is 5.75 Å². The van der Waals surface area contributed by atoms with Crippen LogP contribution in [-0.4, -0.2) is 16.3 Å². The smallest absolute Gasteiger partial charge is 0.124 e. The number of pyridine rings is 1. The predicted octanol–water partition coefficient (Wildman–Crippen LogP) is 4.99. The molecule has 0 unspecified atom stereocenters. The first-order valence-electron chi connectivity index (χ1n) is 7.66. The molecule has 3 rings (SSSR count). The average molecular weight is 304 g/mol. The average Bonchev–Trinajstić information content (AvgIpc) is 2.53. The molecule has 0 bridgehead atoms.